The molecule has 0 saturated carbocycles. The number of fused-ring (bicyclic) bond motifs is 1. The van der Waals surface area contributed by atoms with Crippen molar-refractivity contribution in [3.05, 3.63) is 48.6 Å². The van der Waals surface area contributed by atoms with E-state index in [1.807, 2.05) is 47.7 Å². The Balaban J connectivity index is 2.39. The molecule has 0 atom stereocenters. The van der Waals surface area contributed by atoms with Crippen LogP contribution in [0.3, 0.4) is 0 Å². The van der Waals surface area contributed by atoms with Crippen molar-refractivity contribution in [2.75, 3.05) is 0 Å². The molecular formula is C9H8N2. The molecule has 0 aromatic carbocycles. The highest BCUT2D eigenvalue weighted by atomic mass is 15.2. The molecule has 0 aromatic rings. The Morgan fingerprint density at radius 3 is 2.91 bits per heavy atom. The molecular weight excluding hydrogens is 136 g/mol. The first-order valence-electron chi connectivity index (χ1n) is 3.51. The van der Waals surface area contributed by atoms with E-state index in [4.69, 9.17) is 0 Å². The number of rotatable bonds is 0. The van der Waals surface area contributed by atoms with Crippen molar-refractivity contribution >= 4 is 6.21 Å². The van der Waals surface area contributed by atoms with Gasteiger partial charge in [0.1, 0.15) is 5.82 Å². The van der Waals surface area contributed by atoms with Crippen LogP contribution < -0.4 is 0 Å². The molecule has 2 heterocycles. The largest absolute Gasteiger partial charge is 0.309 e. The fourth-order valence-corrected chi connectivity index (χ4v) is 0.997. The van der Waals surface area contributed by atoms with Crippen molar-refractivity contribution in [2.24, 2.45) is 4.99 Å². The Morgan fingerprint density at radius 2 is 1.91 bits per heavy atom. The van der Waals surface area contributed by atoms with E-state index in [0.717, 1.165) is 5.82 Å². The molecule has 2 nitrogen and oxygen atoms in total. The second-order valence-electron chi connectivity index (χ2n) is 2.28. The maximum absolute atomic E-state index is 4.18. The van der Waals surface area contributed by atoms with Gasteiger partial charge in [0, 0.05) is 18.6 Å². The quantitative estimate of drug-likeness (QED) is 0.506. The Hall–Kier alpha value is -1.57. The van der Waals surface area contributed by atoms with Crippen molar-refractivity contribution in [3.63, 3.8) is 0 Å². The van der Waals surface area contributed by atoms with Crippen molar-refractivity contribution in [3.8, 4) is 0 Å². The highest BCUT2D eigenvalue weighted by Gasteiger charge is 2.03. The zero-order valence-corrected chi connectivity index (χ0v) is 6.01. The minimum atomic E-state index is 0.956. The van der Waals surface area contributed by atoms with E-state index in [2.05, 4.69) is 4.99 Å². The van der Waals surface area contributed by atoms with Crippen molar-refractivity contribution < 1.29 is 0 Å². The lowest BCUT2D eigenvalue weighted by atomic mass is 10.4. The van der Waals surface area contributed by atoms with Crippen LogP contribution in [0.4, 0.5) is 0 Å². The van der Waals surface area contributed by atoms with Gasteiger partial charge in [0.2, 0.25) is 0 Å². The van der Waals surface area contributed by atoms with Crippen LogP contribution in [0.5, 0.6) is 0 Å². The van der Waals surface area contributed by atoms with E-state index >= 15 is 0 Å². The smallest absolute Gasteiger partial charge is 0.136 e. The van der Waals surface area contributed by atoms with Crippen LogP contribution >= 0.6 is 0 Å². The molecule has 2 aliphatic rings. The standard InChI is InChI=1S/C9H8N2/c1-2-5-9-10-6-4-8-11(9)7-3-1/h1-8H. The molecule has 0 saturated heterocycles. The highest BCUT2D eigenvalue weighted by molar-refractivity contribution is 5.73. The molecule has 0 amide bonds. The topological polar surface area (TPSA) is 15.6 Å². The van der Waals surface area contributed by atoms with E-state index in [1.54, 1.807) is 6.21 Å². The zero-order chi connectivity index (χ0) is 7.52. The summed E-state index contributed by atoms with van der Waals surface area (Å²) < 4.78 is 0. The third-order valence-corrected chi connectivity index (χ3v) is 1.52. The third kappa shape index (κ3) is 1.15. The van der Waals surface area contributed by atoms with Gasteiger partial charge < -0.3 is 4.90 Å². The normalized spacial score (nSPS) is 19.6. The van der Waals surface area contributed by atoms with Gasteiger partial charge in [0.25, 0.3) is 0 Å². The Bertz CT molecular complexity index is 293. The van der Waals surface area contributed by atoms with Crippen molar-refractivity contribution in [1.82, 2.24) is 4.90 Å². The lowest BCUT2D eigenvalue weighted by Crippen LogP contribution is -2.09. The number of aliphatic imine (C=N–C) groups is 1. The van der Waals surface area contributed by atoms with Gasteiger partial charge in [-0.3, -0.25) is 0 Å². The third-order valence-electron chi connectivity index (χ3n) is 1.52. The van der Waals surface area contributed by atoms with Gasteiger partial charge in [-0.2, -0.15) is 0 Å². The molecule has 11 heavy (non-hydrogen) atoms. The second-order valence-corrected chi connectivity index (χ2v) is 2.28. The summed E-state index contributed by atoms with van der Waals surface area (Å²) >= 11 is 0. The van der Waals surface area contributed by atoms with Gasteiger partial charge in [-0.15, -0.1) is 0 Å². The van der Waals surface area contributed by atoms with Gasteiger partial charge in [-0.05, 0) is 18.2 Å². The lowest BCUT2D eigenvalue weighted by Gasteiger charge is -2.16. The molecule has 0 N–H and O–H groups in total. The Labute approximate surface area is 65.5 Å². The SMILES string of the molecule is C1=CC=C2N=CC=CN2C=C1. The van der Waals surface area contributed by atoms with Gasteiger partial charge in [0.15, 0.2) is 0 Å². The van der Waals surface area contributed by atoms with Crippen LogP contribution in [-0.2, 0) is 0 Å². The van der Waals surface area contributed by atoms with Crippen LogP contribution in [0, 0.1) is 0 Å². The van der Waals surface area contributed by atoms with Gasteiger partial charge in [0.05, 0.1) is 0 Å². The van der Waals surface area contributed by atoms with Crippen molar-refractivity contribution in [1.29, 1.82) is 0 Å². The second kappa shape index (κ2) is 2.58. The Kier molecular flexibility index (Phi) is 1.44. The molecule has 2 rings (SSSR count). The number of hydrogen-bond acceptors (Lipinski definition) is 2. The minimum Gasteiger partial charge on any atom is -0.309 e. The van der Waals surface area contributed by atoms with Crippen molar-refractivity contribution in [2.45, 2.75) is 0 Å². The van der Waals surface area contributed by atoms with Crippen LogP contribution in [0.25, 0.3) is 0 Å². The van der Waals surface area contributed by atoms with E-state index in [0.29, 0.717) is 0 Å². The first-order valence-corrected chi connectivity index (χ1v) is 3.51. The molecule has 54 valence electrons. The predicted octanol–water partition coefficient (Wildman–Crippen LogP) is 1.81. The average Bonchev–Trinajstić information content (AvgIpc) is 2.28. The summed E-state index contributed by atoms with van der Waals surface area (Å²) in [5.74, 6) is 0.956. The van der Waals surface area contributed by atoms with E-state index in [9.17, 15) is 0 Å². The molecule has 0 bridgehead atoms. The molecule has 0 aromatic heterocycles. The van der Waals surface area contributed by atoms with E-state index < -0.39 is 0 Å². The minimum absolute atomic E-state index is 0.956. The summed E-state index contributed by atoms with van der Waals surface area (Å²) in [5.41, 5.74) is 0. The first-order chi connectivity index (χ1) is 5.47. The Morgan fingerprint density at radius 1 is 1.00 bits per heavy atom. The summed E-state index contributed by atoms with van der Waals surface area (Å²) in [6.07, 6.45) is 15.6. The molecule has 2 aliphatic heterocycles. The summed E-state index contributed by atoms with van der Waals surface area (Å²) in [6.45, 7) is 0. The number of nitrogens with zero attached hydrogens (tertiary/aromatic N) is 2. The predicted molar refractivity (Wildman–Crippen MR) is 45.8 cm³/mol. The van der Waals surface area contributed by atoms with Gasteiger partial charge in [-0.25, -0.2) is 4.99 Å². The van der Waals surface area contributed by atoms with Crippen LogP contribution in [0.2, 0.25) is 0 Å². The average molecular weight is 144 g/mol. The summed E-state index contributed by atoms with van der Waals surface area (Å²) in [5, 5.41) is 0. The fourth-order valence-electron chi connectivity index (χ4n) is 0.997. The first kappa shape index (κ1) is 6.16. The molecule has 0 fully saturated rings. The fraction of sp³-hybridized carbons (Fsp3) is 0. The molecule has 0 unspecified atom stereocenters. The van der Waals surface area contributed by atoms with Crippen LogP contribution in [0.1, 0.15) is 0 Å². The molecule has 2 heteroatoms. The summed E-state index contributed by atoms with van der Waals surface area (Å²) in [6, 6.07) is 0. The van der Waals surface area contributed by atoms with E-state index in [1.165, 1.54) is 0 Å². The summed E-state index contributed by atoms with van der Waals surface area (Å²) in [7, 11) is 0. The molecule has 0 spiro atoms. The molecule has 0 radical (unpaired) electrons. The van der Waals surface area contributed by atoms with Gasteiger partial charge in [-0.1, -0.05) is 12.2 Å². The van der Waals surface area contributed by atoms with E-state index in [-0.39, 0.29) is 0 Å². The maximum Gasteiger partial charge on any atom is 0.136 e. The van der Waals surface area contributed by atoms with Gasteiger partial charge >= 0.3 is 0 Å². The molecule has 0 aliphatic carbocycles. The van der Waals surface area contributed by atoms with Crippen LogP contribution in [-0.4, -0.2) is 11.1 Å². The highest BCUT2D eigenvalue weighted by Crippen LogP contribution is 2.12. The summed E-state index contributed by atoms with van der Waals surface area (Å²) in [4.78, 5) is 6.16. The maximum atomic E-state index is 4.18. The monoisotopic (exact) mass is 144 g/mol. The number of allylic oxidation sites excluding steroid dienone is 5. The number of hydrogen-bond donors (Lipinski definition) is 0. The van der Waals surface area contributed by atoms with Crippen LogP contribution in [0.15, 0.2) is 53.6 Å². The zero-order valence-electron chi connectivity index (χ0n) is 6.01. The lowest BCUT2D eigenvalue weighted by molar-refractivity contribution is 0.618.